The van der Waals surface area contributed by atoms with E-state index in [0.29, 0.717) is 23.1 Å². The van der Waals surface area contributed by atoms with Crippen molar-refractivity contribution >= 4 is 28.2 Å². The van der Waals surface area contributed by atoms with Gasteiger partial charge in [0.25, 0.3) is 0 Å². The molecule has 1 rings (SSSR count). The van der Waals surface area contributed by atoms with Crippen LogP contribution in [0.2, 0.25) is 0 Å². The summed E-state index contributed by atoms with van der Waals surface area (Å²) in [5.74, 6) is -0.206. The molecule has 1 heterocycles. The number of nitrogens with one attached hydrogen (secondary N) is 1. The number of esters is 1. The van der Waals surface area contributed by atoms with Crippen molar-refractivity contribution in [3.63, 3.8) is 0 Å². The first kappa shape index (κ1) is 16.7. The Morgan fingerprint density at radius 2 is 1.95 bits per heavy atom. The Labute approximate surface area is 124 Å². The van der Waals surface area contributed by atoms with Crippen LogP contribution in [0.4, 0.5) is 5.00 Å². The van der Waals surface area contributed by atoms with Gasteiger partial charge in [0.2, 0.25) is 5.91 Å². The van der Waals surface area contributed by atoms with Crippen LogP contribution in [0.25, 0.3) is 0 Å². The number of ether oxygens (including phenoxy) is 1. The first-order valence-electron chi connectivity index (χ1n) is 7.02. The monoisotopic (exact) mass is 297 g/mol. The highest BCUT2D eigenvalue weighted by Gasteiger charge is 2.21. The lowest BCUT2D eigenvalue weighted by molar-refractivity contribution is -0.119. The van der Waals surface area contributed by atoms with E-state index < -0.39 is 0 Å². The molecule has 1 unspecified atom stereocenters. The Kier molecular flexibility index (Phi) is 6.20. The molecule has 0 radical (unpaired) electrons. The van der Waals surface area contributed by atoms with Crippen LogP contribution < -0.4 is 5.32 Å². The van der Waals surface area contributed by atoms with E-state index in [2.05, 4.69) is 19.2 Å². The van der Waals surface area contributed by atoms with Crippen molar-refractivity contribution in [2.75, 3.05) is 11.9 Å². The molecule has 0 aliphatic heterocycles. The summed E-state index contributed by atoms with van der Waals surface area (Å²) in [6.45, 7) is 10.0. The minimum atomic E-state index is -0.380. The van der Waals surface area contributed by atoms with Gasteiger partial charge in [-0.1, -0.05) is 27.7 Å². The SMILES string of the molecule is CCOC(=O)c1cc(C(C)C)sc1NC(=O)C(C)CC. The second kappa shape index (κ2) is 7.43. The van der Waals surface area contributed by atoms with Gasteiger partial charge in [-0.3, -0.25) is 4.79 Å². The van der Waals surface area contributed by atoms with Crippen molar-refractivity contribution in [1.29, 1.82) is 0 Å². The molecule has 0 fully saturated rings. The lowest BCUT2D eigenvalue weighted by Gasteiger charge is -2.09. The van der Waals surface area contributed by atoms with Crippen LogP contribution in [-0.2, 0) is 9.53 Å². The maximum absolute atomic E-state index is 12.0. The average molecular weight is 297 g/mol. The second-order valence-electron chi connectivity index (χ2n) is 5.07. The molecular weight excluding hydrogens is 274 g/mol. The van der Waals surface area contributed by atoms with Crippen molar-refractivity contribution in [2.24, 2.45) is 5.92 Å². The average Bonchev–Trinajstić information content (AvgIpc) is 2.82. The Morgan fingerprint density at radius 3 is 2.45 bits per heavy atom. The quantitative estimate of drug-likeness (QED) is 0.806. The van der Waals surface area contributed by atoms with Gasteiger partial charge in [-0.25, -0.2) is 4.79 Å². The standard InChI is InChI=1S/C15H23NO3S/c1-6-10(5)13(17)16-14-11(15(18)19-7-2)8-12(20-14)9(3)4/h8-10H,6-7H2,1-5H3,(H,16,17). The van der Waals surface area contributed by atoms with E-state index in [4.69, 9.17) is 4.74 Å². The number of hydrogen-bond donors (Lipinski definition) is 1. The molecule has 0 aliphatic rings. The van der Waals surface area contributed by atoms with Gasteiger partial charge in [0.05, 0.1) is 12.2 Å². The van der Waals surface area contributed by atoms with Crippen molar-refractivity contribution in [3.8, 4) is 0 Å². The highest BCUT2D eigenvalue weighted by molar-refractivity contribution is 7.16. The Balaban J connectivity index is 3.03. The smallest absolute Gasteiger partial charge is 0.341 e. The van der Waals surface area contributed by atoms with Gasteiger partial charge in [-0.05, 0) is 25.3 Å². The van der Waals surface area contributed by atoms with Crippen molar-refractivity contribution < 1.29 is 14.3 Å². The molecule has 4 nitrogen and oxygen atoms in total. The Bertz CT molecular complexity index is 479. The molecule has 1 aromatic rings. The van der Waals surface area contributed by atoms with Crippen molar-refractivity contribution in [2.45, 2.75) is 47.0 Å². The first-order chi connectivity index (χ1) is 9.40. The number of hydrogen-bond acceptors (Lipinski definition) is 4. The van der Waals surface area contributed by atoms with Gasteiger partial charge in [0.1, 0.15) is 5.00 Å². The highest BCUT2D eigenvalue weighted by atomic mass is 32.1. The van der Waals surface area contributed by atoms with E-state index in [1.54, 1.807) is 6.92 Å². The maximum atomic E-state index is 12.0. The third-order valence-electron chi connectivity index (χ3n) is 3.11. The number of carbonyl (C=O) groups excluding carboxylic acids is 2. The summed E-state index contributed by atoms with van der Waals surface area (Å²) in [6.07, 6.45) is 0.767. The fraction of sp³-hybridized carbons (Fsp3) is 0.600. The fourth-order valence-electron chi connectivity index (χ4n) is 1.57. The number of amides is 1. The molecule has 112 valence electrons. The summed E-state index contributed by atoms with van der Waals surface area (Å²) in [6, 6.07) is 1.82. The lowest BCUT2D eigenvalue weighted by Crippen LogP contribution is -2.20. The zero-order chi connectivity index (χ0) is 15.3. The molecule has 0 bridgehead atoms. The van der Waals surface area contributed by atoms with Crippen LogP contribution >= 0.6 is 11.3 Å². The minimum absolute atomic E-state index is 0.0600. The van der Waals surface area contributed by atoms with Crippen molar-refractivity contribution in [1.82, 2.24) is 0 Å². The third kappa shape index (κ3) is 4.07. The molecule has 1 amide bonds. The summed E-state index contributed by atoms with van der Waals surface area (Å²) in [7, 11) is 0. The molecule has 0 aliphatic carbocycles. The third-order valence-corrected chi connectivity index (χ3v) is 4.46. The molecule has 1 atom stereocenters. The van der Waals surface area contributed by atoms with Crippen LogP contribution in [-0.4, -0.2) is 18.5 Å². The van der Waals surface area contributed by atoms with E-state index in [0.717, 1.165) is 11.3 Å². The summed E-state index contributed by atoms with van der Waals surface area (Å²) in [5, 5.41) is 3.45. The van der Waals surface area contributed by atoms with Crippen molar-refractivity contribution in [3.05, 3.63) is 16.5 Å². The normalized spacial score (nSPS) is 12.3. The zero-order valence-electron chi connectivity index (χ0n) is 12.8. The second-order valence-corrected chi connectivity index (χ2v) is 6.15. The van der Waals surface area contributed by atoms with Gasteiger partial charge in [-0.2, -0.15) is 0 Å². The van der Waals surface area contributed by atoms with E-state index in [-0.39, 0.29) is 17.8 Å². The fourth-order valence-corrected chi connectivity index (χ4v) is 2.62. The van der Waals surface area contributed by atoms with Gasteiger partial charge in [0.15, 0.2) is 0 Å². The van der Waals surface area contributed by atoms with Crippen LogP contribution in [0.3, 0.4) is 0 Å². The molecule has 1 aromatic heterocycles. The van der Waals surface area contributed by atoms with Gasteiger partial charge < -0.3 is 10.1 Å². The van der Waals surface area contributed by atoms with Crippen LogP contribution in [0, 0.1) is 5.92 Å². The minimum Gasteiger partial charge on any atom is -0.462 e. The van der Waals surface area contributed by atoms with E-state index >= 15 is 0 Å². The van der Waals surface area contributed by atoms with Gasteiger partial charge >= 0.3 is 5.97 Å². The zero-order valence-corrected chi connectivity index (χ0v) is 13.6. The van der Waals surface area contributed by atoms with Gasteiger partial charge in [-0.15, -0.1) is 11.3 Å². The predicted octanol–water partition coefficient (Wildman–Crippen LogP) is 4.03. The van der Waals surface area contributed by atoms with Crippen LogP contribution in [0.1, 0.15) is 62.2 Å². The number of thiophene rings is 1. The number of anilines is 1. The molecule has 5 heteroatoms. The molecular formula is C15H23NO3S. The summed E-state index contributed by atoms with van der Waals surface area (Å²) in [4.78, 5) is 25.0. The Hall–Kier alpha value is -1.36. The predicted molar refractivity (Wildman–Crippen MR) is 82.4 cm³/mol. The molecule has 0 saturated carbocycles. The first-order valence-corrected chi connectivity index (χ1v) is 7.84. The van der Waals surface area contributed by atoms with Crippen LogP contribution in [0.15, 0.2) is 6.07 Å². The number of rotatable bonds is 6. The largest absolute Gasteiger partial charge is 0.462 e. The molecule has 0 saturated heterocycles. The van der Waals surface area contributed by atoms with E-state index in [9.17, 15) is 9.59 Å². The molecule has 0 spiro atoms. The summed E-state index contributed by atoms with van der Waals surface area (Å²) < 4.78 is 5.05. The molecule has 0 aromatic carbocycles. The van der Waals surface area contributed by atoms with Gasteiger partial charge in [0, 0.05) is 10.8 Å². The maximum Gasteiger partial charge on any atom is 0.341 e. The number of carbonyl (C=O) groups is 2. The Morgan fingerprint density at radius 1 is 1.30 bits per heavy atom. The molecule has 20 heavy (non-hydrogen) atoms. The summed E-state index contributed by atoms with van der Waals surface area (Å²) >= 11 is 1.45. The van der Waals surface area contributed by atoms with E-state index in [1.807, 2.05) is 19.9 Å². The summed E-state index contributed by atoms with van der Waals surface area (Å²) in [5.41, 5.74) is 0.456. The molecule has 1 N–H and O–H groups in total. The van der Waals surface area contributed by atoms with Crippen LogP contribution in [0.5, 0.6) is 0 Å². The highest BCUT2D eigenvalue weighted by Crippen LogP contribution is 2.33. The topological polar surface area (TPSA) is 55.4 Å². The van der Waals surface area contributed by atoms with E-state index in [1.165, 1.54) is 11.3 Å². The lowest BCUT2D eigenvalue weighted by atomic mass is 10.1.